The summed E-state index contributed by atoms with van der Waals surface area (Å²) in [5.74, 6) is 0. The first-order valence-corrected chi connectivity index (χ1v) is 24.4. The van der Waals surface area contributed by atoms with E-state index in [0.717, 1.165) is 16.4 Å². The van der Waals surface area contributed by atoms with Gasteiger partial charge in [0.25, 0.3) is 0 Å². The van der Waals surface area contributed by atoms with E-state index in [0.29, 0.717) is 0 Å². The van der Waals surface area contributed by atoms with E-state index in [9.17, 15) is 0 Å². The second-order valence-corrected chi connectivity index (χ2v) is 17.7. The number of hydrogen-bond acceptors (Lipinski definition) is 4. The smallest absolute Gasteiger partial charge is 0.152 e. The van der Waals surface area contributed by atoms with Crippen LogP contribution in [0.1, 0.15) is 256 Å². The van der Waals surface area contributed by atoms with Gasteiger partial charge in [-0.15, -0.1) is 22.7 Å². The Morgan fingerprint density at radius 2 is 0.700 bits per heavy atom. The van der Waals surface area contributed by atoms with E-state index in [1.807, 2.05) is 17.5 Å². The van der Waals surface area contributed by atoms with Crippen LogP contribution in [0.4, 0.5) is 0 Å². The lowest BCUT2D eigenvalue weighted by Crippen LogP contribution is -1.93. The van der Waals surface area contributed by atoms with Crippen molar-refractivity contribution in [2.24, 2.45) is 0 Å². The molecule has 0 amide bonds. The molecule has 2 aromatic rings. The second-order valence-electron chi connectivity index (χ2n) is 15.7. The summed E-state index contributed by atoms with van der Waals surface area (Å²) in [5.41, 5.74) is 1.39. The number of aromatic nitrogens is 2. The zero-order chi connectivity index (χ0) is 35.4. The van der Waals surface area contributed by atoms with Gasteiger partial charge in [0.2, 0.25) is 0 Å². The van der Waals surface area contributed by atoms with E-state index >= 15 is 0 Å². The highest BCUT2D eigenvalue weighted by molar-refractivity contribution is 7.20. The fourth-order valence-electron chi connectivity index (χ4n) is 7.58. The average molecular weight is 729 g/mol. The number of thiazole rings is 2. The van der Waals surface area contributed by atoms with Crippen molar-refractivity contribution in [3.05, 3.63) is 22.1 Å². The van der Waals surface area contributed by atoms with Gasteiger partial charge < -0.3 is 0 Å². The molecule has 2 nitrogen and oxygen atoms in total. The molecule has 0 spiro atoms. The summed E-state index contributed by atoms with van der Waals surface area (Å²) in [6, 6.07) is 0. The summed E-state index contributed by atoms with van der Waals surface area (Å²) >= 11 is 3.67. The van der Waals surface area contributed by atoms with Gasteiger partial charge in [-0.3, -0.25) is 0 Å². The van der Waals surface area contributed by atoms with Crippen LogP contribution >= 0.6 is 22.7 Å². The van der Waals surface area contributed by atoms with Crippen molar-refractivity contribution in [1.82, 2.24) is 9.97 Å². The molecule has 2 rings (SSSR count). The molecule has 290 valence electrons. The third-order valence-corrected chi connectivity index (χ3v) is 13.0. The standard InChI is InChI=1S/C46H84N2S2/c1-3-5-7-9-11-13-15-17-19-21-23-25-27-29-31-33-35-37-39-43-44(50-46(48-43)45-47-41-42-49-45)40-38-36-34-32-30-28-26-24-22-20-18-16-14-12-10-8-6-4-2/h41-42H,3-40H2,1-2H3. The molecule has 0 bridgehead atoms. The van der Waals surface area contributed by atoms with E-state index in [1.165, 1.54) is 243 Å². The van der Waals surface area contributed by atoms with E-state index in [-0.39, 0.29) is 0 Å². The van der Waals surface area contributed by atoms with Gasteiger partial charge in [0.05, 0.1) is 5.69 Å². The highest BCUT2D eigenvalue weighted by atomic mass is 32.1. The van der Waals surface area contributed by atoms with Gasteiger partial charge in [-0.05, 0) is 25.7 Å². The molecule has 4 heteroatoms. The molecule has 0 aliphatic carbocycles. The predicted octanol–water partition coefficient (Wildman–Crippen LogP) is 17.4. The molecule has 0 aliphatic rings. The molecule has 0 aliphatic heterocycles. The van der Waals surface area contributed by atoms with Crippen LogP contribution in [0.5, 0.6) is 0 Å². The molecular formula is C46H84N2S2. The largest absolute Gasteiger partial charge is 0.242 e. The molecule has 0 unspecified atom stereocenters. The Morgan fingerprint density at radius 1 is 0.380 bits per heavy atom. The number of rotatable bonds is 39. The average Bonchev–Trinajstić information content (AvgIpc) is 3.81. The van der Waals surface area contributed by atoms with Crippen molar-refractivity contribution in [2.75, 3.05) is 0 Å². The van der Waals surface area contributed by atoms with Crippen LogP contribution in [-0.4, -0.2) is 9.97 Å². The first-order chi connectivity index (χ1) is 24.8. The second kappa shape index (κ2) is 35.3. The van der Waals surface area contributed by atoms with Crippen LogP contribution in [0.15, 0.2) is 11.6 Å². The van der Waals surface area contributed by atoms with Gasteiger partial charge in [0.15, 0.2) is 10.0 Å². The van der Waals surface area contributed by atoms with Crippen LogP contribution in [0.2, 0.25) is 0 Å². The Hall–Kier alpha value is -0.740. The Morgan fingerprint density at radius 3 is 1.02 bits per heavy atom. The summed E-state index contributed by atoms with van der Waals surface area (Å²) in [5, 5.41) is 4.36. The minimum absolute atomic E-state index is 1.11. The molecular weight excluding hydrogens is 645 g/mol. The van der Waals surface area contributed by atoms with Crippen molar-refractivity contribution in [3.8, 4) is 10.0 Å². The third-order valence-electron chi connectivity index (χ3n) is 10.9. The summed E-state index contributed by atoms with van der Waals surface area (Å²) in [7, 11) is 0. The van der Waals surface area contributed by atoms with Gasteiger partial charge in [-0.25, -0.2) is 9.97 Å². The molecule has 50 heavy (non-hydrogen) atoms. The number of nitrogens with zero attached hydrogens (tertiary/aromatic N) is 2. The number of unbranched alkanes of at least 4 members (excludes halogenated alkanes) is 34. The molecule has 0 fully saturated rings. The molecule has 0 atom stereocenters. The zero-order valence-electron chi connectivity index (χ0n) is 33.7. The number of hydrogen-bond donors (Lipinski definition) is 0. The topological polar surface area (TPSA) is 25.8 Å². The van der Waals surface area contributed by atoms with Crippen LogP contribution in [0, 0.1) is 0 Å². The zero-order valence-corrected chi connectivity index (χ0v) is 35.4. The van der Waals surface area contributed by atoms with Crippen LogP contribution in [-0.2, 0) is 12.8 Å². The molecule has 0 aromatic carbocycles. The highest BCUT2D eigenvalue weighted by Gasteiger charge is 2.14. The SMILES string of the molecule is CCCCCCCCCCCCCCCCCCCCc1nc(-c2nccs2)sc1CCCCCCCCCCCCCCCCCCCC. The molecule has 0 N–H and O–H groups in total. The van der Waals surface area contributed by atoms with Gasteiger partial charge >= 0.3 is 0 Å². The van der Waals surface area contributed by atoms with Crippen LogP contribution in [0.3, 0.4) is 0 Å². The van der Waals surface area contributed by atoms with E-state index < -0.39 is 0 Å². The summed E-state index contributed by atoms with van der Waals surface area (Å²) in [4.78, 5) is 11.3. The highest BCUT2D eigenvalue weighted by Crippen LogP contribution is 2.32. The van der Waals surface area contributed by atoms with Crippen molar-refractivity contribution >= 4 is 22.7 Å². The van der Waals surface area contributed by atoms with Crippen molar-refractivity contribution < 1.29 is 0 Å². The first kappa shape index (κ1) is 45.4. The molecule has 2 aromatic heterocycles. The van der Waals surface area contributed by atoms with Crippen molar-refractivity contribution in [3.63, 3.8) is 0 Å². The third kappa shape index (κ3) is 26.1. The van der Waals surface area contributed by atoms with Crippen molar-refractivity contribution in [2.45, 2.75) is 258 Å². The van der Waals surface area contributed by atoms with E-state index in [2.05, 4.69) is 24.2 Å². The maximum Gasteiger partial charge on any atom is 0.152 e. The van der Waals surface area contributed by atoms with Crippen LogP contribution in [0.25, 0.3) is 10.0 Å². The maximum absolute atomic E-state index is 5.13. The fourth-order valence-corrected chi connectivity index (χ4v) is 9.41. The monoisotopic (exact) mass is 729 g/mol. The van der Waals surface area contributed by atoms with E-state index in [4.69, 9.17) is 4.98 Å². The Labute approximate surface area is 321 Å². The Kier molecular flexibility index (Phi) is 32.1. The minimum atomic E-state index is 1.11. The predicted molar refractivity (Wildman–Crippen MR) is 228 cm³/mol. The normalized spacial score (nSPS) is 11.6. The maximum atomic E-state index is 5.13. The molecule has 0 radical (unpaired) electrons. The van der Waals surface area contributed by atoms with Crippen molar-refractivity contribution in [1.29, 1.82) is 0 Å². The van der Waals surface area contributed by atoms with Gasteiger partial charge in [0, 0.05) is 16.5 Å². The Balaban J connectivity index is 1.43. The lowest BCUT2D eigenvalue weighted by atomic mass is 10.0. The lowest BCUT2D eigenvalue weighted by molar-refractivity contribution is 0.524. The first-order valence-electron chi connectivity index (χ1n) is 22.7. The summed E-state index contributed by atoms with van der Waals surface area (Å²) in [6.07, 6.45) is 56.0. The minimum Gasteiger partial charge on any atom is -0.242 e. The molecule has 0 saturated carbocycles. The van der Waals surface area contributed by atoms with Gasteiger partial charge in [-0.2, -0.15) is 0 Å². The summed E-state index contributed by atoms with van der Waals surface area (Å²) in [6.45, 7) is 4.62. The Bertz CT molecular complexity index is 879. The van der Waals surface area contributed by atoms with Gasteiger partial charge in [0.1, 0.15) is 0 Å². The molecule has 0 saturated heterocycles. The lowest BCUT2D eigenvalue weighted by Gasteiger charge is -2.05. The van der Waals surface area contributed by atoms with Crippen LogP contribution < -0.4 is 0 Å². The van der Waals surface area contributed by atoms with E-state index in [1.54, 1.807) is 16.2 Å². The fraction of sp³-hybridized carbons (Fsp3) is 0.870. The van der Waals surface area contributed by atoms with Gasteiger partial charge in [-0.1, -0.05) is 232 Å². The molecule has 2 heterocycles. The number of aryl methyl sites for hydroxylation is 2. The quantitative estimate of drug-likeness (QED) is 0.0641. The summed E-state index contributed by atoms with van der Waals surface area (Å²) < 4.78 is 0.